The van der Waals surface area contributed by atoms with Gasteiger partial charge in [0.1, 0.15) is 0 Å². The molecule has 0 heterocycles. The molecular weight excluding hydrogens is 168 g/mol. The molecule has 2 aliphatic carbocycles. The summed E-state index contributed by atoms with van der Waals surface area (Å²) in [7, 11) is 0. The van der Waals surface area contributed by atoms with Gasteiger partial charge >= 0.3 is 0 Å². The Morgan fingerprint density at radius 2 is 2.07 bits per heavy atom. The fraction of sp³-hybridized carbons (Fsp3) is 0.643. The monoisotopic (exact) mass is 189 g/mol. The van der Waals surface area contributed by atoms with Gasteiger partial charge < -0.3 is 0 Å². The van der Waals surface area contributed by atoms with Crippen LogP contribution in [-0.2, 0) is 0 Å². The van der Waals surface area contributed by atoms with E-state index in [1.165, 1.54) is 30.4 Å². The third kappa shape index (κ3) is 1.55. The average molecular weight is 189 g/mol. The van der Waals surface area contributed by atoms with E-state index in [0.717, 1.165) is 18.3 Å². The minimum atomic E-state index is 0.547. The van der Waals surface area contributed by atoms with Gasteiger partial charge in [-0.2, -0.15) is 0 Å². The summed E-state index contributed by atoms with van der Waals surface area (Å²) < 4.78 is 0. The van der Waals surface area contributed by atoms with E-state index in [0.29, 0.717) is 5.41 Å². The zero-order valence-electron chi connectivity index (χ0n) is 9.47. The van der Waals surface area contributed by atoms with Crippen molar-refractivity contribution in [1.82, 2.24) is 0 Å². The standard InChI is InChI=1S/C14H21/c1-10-5-7-11(2)12-9-14(3,4)13(12)8-6-10/h5,12-13H,1-2,6-9H2,3-4H3. The molecular formula is C14H21. The second kappa shape index (κ2) is 3.25. The molecule has 14 heavy (non-hydrogen) atoms. The molecule has 77 valence electrons. The summed E-state index contributed by atoms with van der Waals surface area (Å²) in [4.78, 5) is 0. The highest BCUT2D eigenvalue weighted by molar-refractivity contribution is 5.22. The van der Waals surface area contributed by atoms with Crippen molar-refractivity contribution in [2.24, 2.45) is 17.3 Å². The van der Waals surface area contributed by atoms with Crippen LogP contribution in [0.2, 0.25) is 0 Å². The fourth-order valence-corrected chi connectivity index (χ4v) is 3.14. The zero-order chi connectivity index (χ0) is 10.3. The lowest BCUT2D eigenvalue weighted by Gasteiger charge is -2.53. The minimum absolute atomic E-state index is 0.547. The Balaban J connectivity index is 2.10. The van der Waals surface area contributed by atoms with Crippen LogP contribution in [0.3, 0.4) is 0 Å². The van der Waals surface area contributed by atoms with E-state index in [9.17, 15) is 0 Å². The maximum absolute atomic E-state index is 4.23. The Kier molecular flexibility index (Phi) is 2.33. The first-order valence-corrected chi connectivity index (χ1v) is 5.69. The predicted molar refractivity (Wildman–Crippen MR) is 61.8 cm³/mol. The molecule has 1 radical (unpaired) electrons. The quantitative estimate of drug-likeness (QED) is 0.502. The van der Waals surface area contributed by atoms with Crippen LogP contribution < -0.4 is 0 Å². The largest absolute Gasteiger partial charge is 0.0995 e. The first-order chi connectivity index (χ1) is 6.50. The smallest absolute Gasteiger partial charge is 0.0100 e. The van der Waals surface area contributed by atoms with E-state index >= 15 is 0 Å². The van der Waals surface area contributed by atoms with Gasteiger partial charge in [0.05, 0.1) is 0 Å². The highest BCUT2D eigenvalue weighted by Crippen LogP contribution is 2.57. The summed E-state index contributed by atoms with van der Waals surface area (Å²) in [6.45, 7) is 13.1. The molecule has 0 heteroatoms. The number of fused-ring (bicyclic) bond motifs is 1. The van der Waals surface area contributed by atoms with Gasteiger partial charge in [0.2, 0.25) is 0 Å². The van der Waals surface area contributed by atoms with Crippen molar-refractivity contribution < 1.29 is 0 Å². The molecule has 0 aliphatic heterocycles. The summed E-state index contributed by atoms with van der Waals surface area (Å²) in [6.07, 6.45) is 7.18. The van der Waals surface area contributed by atoms with Crippen molar-refractivity contribution in [1.29, 1.82) is 0 Å². The van der Waals surface area contributed by atoms with Gasteiger partial charge in [0.25, 0.3) is 0 Å². The lowest BCUT2D eigenvalue weighted by molar-refractivity contribution is 0.00253. The van der Waals surface area contributed by atoms with Crippen molar-refractivity contribution in [3.63, 3.8) is 0 Å². The second-order valence-electron chi connectivity index (χ2n) is 5.67. The molecule has 0 nitrogen and oxygen atoms in total. The Morgan fingerprint density at radius 3 is 2.71 bits per heavy atom. The van der Waals surface area contributed by atoms with Crippen LogP contribution in [0, 0.1) is 23.7 Å². The van der Waals surface area contributed by atoms with Gasteiger partial charge in [-0.1, -0.05) is 38.2 Å². The molecule has 2 atom stereocenters. The second-order valence-corrected chi connectivity index (χ2v) is 5.67. The molecule has 0 saturated heterocycles. The average Bonchev–Trinajstić information content (AvgIpc) is 2.09. The van der Waals surface area contributed by atoms with E-state index in [4.69, 9.17) is 0 Å². The molecule has 0 bridgehead atoms. The van der Waals surface area contributed by atoms with Gasteiger partial charge in [-0.05, 0) is 49.4 Å². The van der Waals surface area contributed by atoms with E-state index in [1.807, 2.05) is 0 Å². The number of rotatable bonds is 0. The van der Waals surface area contributed by atoms with E-state index < -0.39 is 0 Å². The van der Waals surface area contributed by atoms with Crippen LogP contribution in [0.4, 0.5) is 0 Å². The Labute approximate surface area is 88.1 Å². The van der Waals surface area contributed by atoms with Crippen molar-refractivity contribution in [2.45, 2.75) is 39.5 Å². The minimum Gasteiger partial charge on any atom is -0.0995 e. The van der Waals surface area contributed by atoms with Crippen molar-refractivity contribution >= 4 is 0 Å². The molecule has 0 aromatic carbocycles. The summed E-state index contributed by atoms with van der Waals surface area (Å²) in [5, 5.41) is 0. The number of allylic oxidation sites excluding steroid dienone is 2. The van der Waals surface area contributed by atoms with E-state index in [-0.39, 0.29) is 0 Å². The normalized spacial score (nSPS) is 36.7. The van der Waals surface area contributed by atoms with Crippen LogP contribution in [0.1, 0.15) is 39.5 Å². The topological polar surface area (TPSA) is 0 Å². The van der Waals surface area contributed by atoms with Gasteiger partial charge in [0.15, 0.2) is 0 Å². The molecule has 2 saturated carbocycles. The molecule has 0 amide bonds. The van der Waals surface area contributed by atoms with Gasteiger partial charge in [-0.25, -0.2) is 0 Å². The maximum atomic E-state index is 4.23. The summed E-state index contributed by atoms with van der Waals surface area (Å²) in [5.41, 5.74) is 3.30. The lowest BCUT2D eigenvalue weighted by Crippen LogP contribution is -2.45. The Morgan fingerprint density at radius 1 is 1.36 bits per heavy atom. The van der Waals surface area contributed by atoms with Crippen molar-refractivity contribution in [3.05, 3.63) is 30.7 Å². The lowest BCUT2D eigenvalue weighted by atomic mass is 9.51. The third-order valence-corrected chi connectivity index (χ3v) is 4.19. The summed E-state index contributed by atoms with van der Waals surface area (Å²) in [6, 6.07) is 0. The molecule has 2 aliphatic rings. The van der Waals surface area contributed by atoms with Crippen molar-refractivity contribution in [3.8, 4) is 0 Å². The van der Waals surface area contributed by atoms with Gasteiger partial charge in [-0.3, -0.25) is 0 Å². The molecule has 2 fully saturated rings. The van der Waals surface area contributed by atoms with Crippen molar-refractivity contribution in [2.75, 3.05) is 0 Å². The Hall–Kier alpha value is -0.520. The highest BCUT2D eigenvalue weighted by Gasteiger charge is 2.47. The summed E-state index contributed by atoms with van der Waals surface area (Å²) in [5.74, 6) is 1.66. The van der Waals surface area contributed by atoms with E-state index in [2.05, 4.69) is 33.4 Å². The molecule has 0 aromatic heterocycles. The highest BCUT2D eigenvalue weighted by atomic mass is 14.5. The zero-order valence-corrected chi connectivity index (χ0v) is 9.47. The molecule has 0 N–H and O–H groups in total. The van der Waals surface area contributed by atoms with E-state index in [1.54, 1.807) is 0 Å². The van der Waals surface area contributed by atoms with Crippen LogP contribution in [-0.4, -0.2) is 0 Å². The predicted octanol–water partition coefficient (Wildman–Crippen LogP) is 4.15. The van der Waals surface area contributed by atoms with Gasteiger partial charge in [0, 0.05) is 0 Å². The van der Waals surface area contributed by atoms with Crippen LogP contribution in [0.15, 0.2) is 24.3 Å². The fourth-order valence-electron chi connectivity index (χ4n) is 3.14. The SMILES string of the molecule is C=C1[CH]CC(=C)C2CC(C)(C)C2CC1. The number of hydrogen-bond acceptors (Lipinski definition) is 0. The molecule has 0 aromatic rings. The van der Waals surface area contributed by atoms with Gasteiger partial charge in [-0.15, -0.1) is 0 Å². The number of hydrogen-bond donors (Lipinski definition) is 0. The first-order valence-electron chi connectivity index (χ1n) is 5.69. The van der Waals surface area contributed by atoms with Crippen LogP contribution in [0.5, 0.6) is 0 Å². The first kappa shape index (κ1) is 10.0. The Bertz CT molecular complexity index is 270. The maximum Gasteiger partial charge on any atom is -0.0100 e. The molecule has 2 unspecified atom stereocenters. The molecule has 2 rings (SSSR count). The molecule has 0 spiro atoms. The van der Waals surface area contributed by atoms with Crippen LogP contribution in [0.25, 0.3) is 0 Å². The third-order valence-electron chi connectivity index (χ3n) is 4.19. The summed E-state index contributed by atoms with van der Waals surface area (Å²) >= 11 is 0. The van der Waals surface area contributed by atoms with Crippen LogP contribution >= 0.6 is 0 Å².